The van der Waals surface area contributed by atoms with Crippen LogP contribution in [0, 0.1) is 0 Å². The van der Waals surface area contributed by atoms with Gasteiger partial charge in [-0.2, -0.15) is 0 Å². The van der Waals surface area contributed by atoms with Gasteiger partial charge in [0.15, 0.2) is 18.1 Å². The largest absolute Gasteiger partial charge is 0.493 e. The van der Waals surface area contributed by atoms with Gasteiger partial charge in [-0.1, -0.05) is 32.0 Å². The van der Waals surface area contributed by atoms with E-state index in [0.717, 1.165) is 5.56 Å². The van der Waals surface area contributed by atoms with E-state index in [9.17, 15) is 9.59 Å². The van der Waals surface area contributed by atoms with Crippen LogP contribution in [0.5, 0.6) is 11.5 Å². The first-order chi connectivity index (χ1) is 11.9. The number of carbonyl (C=O) groups excluding carboxylic acids is 2. The molecule has 0 saturated heterocycles. The number of hydrogen-bond donors (Lipinski definition) is 2. The summed E-state index contributed by atoms with van der Waals surface area (Å²) in [6, 6.07) is 12.4. The number of primary amides is 1. The smallest absolute Gasteiger partial charge is 0.262 e. The number of anilines is 1. The predicted molar refractivity (Wildman–Crippen MR) is 96.2 cm³/mol. The van der Waals surface area contributed by atoms with E-state index < -0.39 is 5.91 Å². The van der Waals surface area contributed by atoms with Gasteiger partial charge in [-0.3, -0.25) is 9.59 Å². The van der Waals surface area contributed by atoms with Gasteiger partial charge in [0, 0.05) is 5.69 Å². The average molecular weight is 342 g/mol. The fourth-order valence-electron chi connectivity index (χ4n) is 2.33. The summed E-state index contributed by atoms with van der Waals surface area (Å²) in [4.78, 5) is 23.7. The third kappa shape index (κ3) is 4.73. The van der Waals surface area contributed by atoms with Crippen LogP contribution >= 0.6 is 0 Å². The van der Waals surface area contributed by atoms with Gasteiger partial charge >= 0.3 is 0 Å². The van der Waals surface area contributed by atoms with Crippen molar-refractivity contribution >= 4 is 17.5 Å². The average Bonchev–Trinajstić information content (AvgIpc) is 2.59. The number of benzene rings is 2. The van der Waals surface area contributed by atoms with Gasteiger partial charge in [0.05, 0.1) is 12.7 Å². The number of ether oxygens (including phenoxy) is 2. The van der Waals surface area contributed by atoms with E-state index in [4.69, 9.17) is 15.2 Å². The summed E-state index contributed by atoms with van der Waals surface area (Å²) in [5.74, 6) is -0.143. The molecule has 0 aliphatic heterocycles. The topological polar surface area (TPSA) is 90.7 Å². The highest BCUT2D eigenvalue weighted by molar-refractivity contribution is 5.97. The summed E-state index contributed by atoms with van der Waals surface area (Å²) in [7, 11) is 1.45. The van der Waals surface area contributed by atoms with Crippen molar-refractivity contribution in [3.05, 3.63) is 53.6 Å². The monoisotopic (exact) mass is 342 g/mol. The number of carbonyl (C=O) groups is 2. The molecule has 0 heterocycles. The summed E-state index contributed by atoms with van der Waals surface area (Å²) in [5.41, 5.74) is 7.31. The molecule has 0 aromatic heterocycles. The van der Waals surface area contributed by atoms with Crippen molar-refractivity contribution in [2.75, 3.05) is 19.0 Å². The van der Waals surface area contributed by atoms with Crippen LogP contribution in [0.1, 0.15) is 35.7 Å². The molecule has 0 unspecified atom stereocenters. The van der Waals surface area contributed by atoms with Crippen LogP contribution in [0.15, 0.2) is 42.5 Å². The number of amides is 2. The lowest BCUT2D eigenvalue weighted by Crippen LogP contribution is -2.22. The van der Waals surface area contributed by atoms with Crippen LogP contribution in [-0.4, -0.2) is 25.5 Å². The Hall–Kier alpha value is -3.02. The van der Waals surface area contributed by atoms with Crippen molar-refractivity contribution in [2.24, 2.45) is 5.73 Å². The fourth-order valence-corrected chi connectivity index (χ4v) is 2.33. The van der Waals surface area contributed by atoms with Crippen LogP contribution < -0.4 is 20.5 Å². The maximum Gasteiger partial charge on any atom is 0.262 e. The Morgan fingerprint density at radius 2 is 1.88 bits per heavy atom. The highest BCUT2D eigenvalue weighted by Gasteiger charge is 2.16. The van der Waals surface area contributed by atoms with Gasteiger partial charge < -0.3 is 20.5 Å². The Morgan fingerprint density at radius 1 is 1.16 bits per heavy atom. The molecule has 6 nitrogen and oxygen atoms in total. The zero-order valence-corrected chi connectivity index (χ0v) is 14.5. The number of para-hydroxylation sites is 1. The van der Waals surface area contributed by atoms with E-state index >= 15 is 0 Å². The Morgan fingerprint density at radius 3 is 2.52 bits per heavy atom. The Kier molecular flexibility index (Phi) is 6.00. The minimum absolute atomic E-state index is 0.156. The van der Waals surface area contributed by atoms with E-state index in [1.807, 2.05) is 24.3 Å². The van der Waals surface area contributed by atoms with Crippen molar-refractivity contribution in [2.45, 2.75) is 19.8 Å². The molecule has 2 amide bonds. The van der Waals surface area contributed by atoms with Gasteiger partial charge in [0.2, 0.25) is 0 Å². The minimum Gasteiger partial charge on any atom is -0.493 e. The molecule has 25 heavy (non-hydrogen) atoms. The summed E-state index contributed by atoms with van der Waals surface area (Å²) in [6.45, 7) is 3.89. The van der Waals surface area contributed by atoms with Gasteiger partial charge in [-0.05, 0) is 35.7 Å². The third-order valence-electron chi connectivity index (χ3n) is 3.65. The van der Waals surface area contributed by atoms with Gasteiger partial charge in [0.1, 0.15) is 0 Å². The summed E-state index contributed by atoms with van der Waals surface area (Å²) >= 11 is 0. The van der Waals surface area contributed by atoms with E-state index in [1.54, 1.807) is 12.1 Å². The zero-order chi connectivity index (χ0) is 18.4. The highest BCUT2D eigenvalue weighted by atomic mass is 16.5. The van der Waals surface area contributed by atoms with Crippen molar-refractivity contribution < 1.29 is 19.1 Å². The second-order valence-corrected chi connectivity index (χ2v) is 5.82. The van der Waals surface area contributed by atoms with E-state index in [1.165, 1.54) is 13.2 Å². The van der Waals surface area contributed by atoms with Crippen LogP contribution in [-0.2, 0) is 4.79 Å². The third-order valence-corrected chi connectivity index (χ3v) is 3.65. The zero-order valence-electron chi connectivity index (χ0n) is 14.5. The SMILES string of the molecule is COc1cccc(C(N)=O)c1OCC(=O)Nc1cccc(C(C)C)c1. The van der Waals surface area contributed by atoms with Crippen molar-refractivity contribution in [1.29, 1.82) is 0 Å². The molecule has 0 bridgehead atoms. The molecular formula is C19H22N2O4. The second kappa shape index (κ2) is 8.19. The maximum atomic E-state index is 12.2. The number of nitrogens with two attached hydrogens (primary N) is 1. The Balaban J connectivity index is 2.08. The second-order valence-electron chi connectivity index (χ2n) is 5.82. The van der Waals surface area contributed by atoms with Crippen LogP contribution in [0.25, 0.3) is 0 Å². The number of hydrogen-bond acceptors (Lipinski definition) is 4. The number of nitrogens with one attached hydrogen (secondary N) is 1. The first-order valence-electron chi connectivity index (χ1n) is 7.91. The van der Waals surface area contributed by atoms with Crippen LogP contribution in [0.3, 0.4) is 0 Å². The molecule has 0 radical (unpaired) electrons. The lowest BCUT2D eigenvalue weighted by atomic mass is 10.0. The molecule has 0 fully saturated rings. The molecular weight excluding hydrogens is 320 g/mol. The van der Waals surface area contributed by atoms with Crippen molar-refractivity contribution in [1.82, 2.24) is 0 Å². The van der Waals surface area contributed by atoms with Crippen LogP contribution in [0.4, 0.5) is 5.69 Å². The maximum absolute atomic E-state index is 12.2. The van der Waals surface area contributed by atoms with Crippen molar-refractivity contribution in [3.8, 4) is 11.5 Å². The molecule has 0 aliphatic carbocycles. The van der Waals surface area contributed by atoms with Gasteiger partial charge in [-0.15, -0.1) is 0 Å². The molecule has 2 rings (SSSR count). The Bertz CT molecular complexity index is 772. The summed E-state index contributed by atoms with van der Waals surface area (Å²) in [5, 5.41) is 2.77. The molecule has 0 saturated carbocycles. The summed E-state index contributed by atoms with van der Waals surface area (Å²) in [6.07, 6.45) is 0. The molecule has 0 spiro atoms. The fraction of sp³-hybridized carbons (Fsp3) is 0.263. The molecule has 3 N–H and O–H groups in total. The standard InChI is InChI=1S/C19H22N2O4/c1-12(2)13-6-4-7-14(10-13)21-17(22)11-25-18-15(19(20)23)8-5-9-16(18)24-3/h4-10,12H,11H2,1-3H3,(H2,20,23)(H,21,22). The quantitative estimate of drug-likeness (QED) is 0.809. The first-order valence-corrected chi connectivity index (χ1v) is 7.91. The molecule has 0 atom stereocenters. The first kappa shape index (κ1) is 18.3. The van der Waals surface area contributed by atoms with Gasteiger partial charge in [0.25, 0.3) is 11.8 Å². The lowest BCUT2D eigenvalue weighted by molar-refractivity contribution is -0.118. The Labute approximate surface area is 146 Å². The number of methoxy groups -OCH3 is 1. The lowest BCUT2D eigenvalue weighted by Gasteiger charge is -2.14. The molecule has 132 valence electrons. The summed E-state index contributed by atoms with van der Waals surface area (Å²) < 4.78 is 10.7. The van der Waals surface area contributed by atoms with E-state index in [-0.39, 0.29) is 23.8 Å². The normalized spacial score (nSPS) is 10.4. The van der Waals surface area contributed by atoms with Gasteiger partial charge in [-0.25, -0.2) is 0 Å². The van der Waals surface area contributed by atoms with E-state index in [0.29, 0.717) is 17.4 Å². The molecule has 0 aliphatic rings. The van der Waals surface area contributed by atoms with Crippen LogP contribution in [0.2, 0.25) is 0 Å². The molecule has 2 aromatic carbocycles. The van der Waals surface area contributed by atoms with E-state index in [2.05, 4.69) is 19.2 Å². The van der Waals surface area contributed by atoms with Crippen molar-refractivity contribution in [3.63, 3.8) is 0 Å². The highest BCUT2D eigenvalue weighted by Crippen LogP contribution is 2.30. The molecule has 6 heteroatoms. The minimum atomic E-state index is -0.654. The number of rotatable bonds is 7. The predicted octanol–water partition coefficient (Wildman–Crippen LogP) is 2.94. The molecule has 2 aromatic rings.